The van der Waals surface area contributed by atoms with Crippen LogP contribution in [0.25, 0.3) is 28.2 Å². The second-order valence-corrected chi connectivity index (χ2v) is 9.36. The highest BCUT2D eigenvalue weighted by atomic mass is 16.6. The van der Waals surface area contributed by atoms with Crippen molar-refractivity contribution < 1.29 is 24.5 Å². The Morgan fingerprint density at radius 3 is 2.79 bits per heavy atom. The lowest BCUT2D eigenvalue weighted by molar-refractivity contribution is -0.119. The lowest BCUT2D eigenvalue weighted by atomic mass is 10.1. The Bertz CT molecular complexity index is 1440. The molecule has 2 aliphatic heterocycles. The molecule has 6 rings (SSSR count). The van der Waals surface area contributed by atoms with E-state index in [1.807, 2.05) is 18.3 Å². The summed E-state index contributed by atoms with van der Waals surface area (Å²) in [6.45, 7) is 1.18. The van der Waals surface area contributed by atoms with Crippen LogP contribution in [0.5, 0.6) is 0 Å². The van der Waals surface area contributed by atoms with E-state index >= 15 is 0 Å². The first kappa shape index (κ1) is 24.4. The van der Waals surface area contributed by atoms with E-state index in [1.165, 1.54) is 6.33 Å². The lowest BCUT2D eigenvalue weighted by Crippen LogP contribution is -2.32. The molecule has 14 heteroatoms. The predicted molar refractivity (Wildman–Crippen MR) is 133 cm³/mol. The molecule has 0 saturated carbocycles. The summed E-state index contributed by atoms with van der Waals surface area (Å²) in [6, 6.07) is 3.81. The second-order valence-electron chi connectivity index (χ2n) is 9.36. The number of aromatic nitrogens is 7. The summed E-state index contributed by atoms with van der Waals surface area (Å²) < 4.78 is 14.6. The van der Waals surface area contributed by atoms with Crippen LogP contribution >= 0.6 is 0 Å². The Hall–Kier alpha value is -3.98. The number of pyridine rings is 1. The molecule has 0 spiro atoms. The molecule has 5 N–H and O–H groups in total. The van der Waals surface area contributed by atoms with E-state index in [0.29, 0.717) is 30.2 Å². The highest BCUT2D eigenvalue weighted by Crippen LogP contribution is 2.34. The van der Waals surface area contributed by atoms with Gasteiger partial charge in [0, 0.05) is 37.2 Å². The quantitative estimate of drug-likeness (QED) is 0.247. The summed E-state index contributed by atoms with van der Waals surface area (Å²) in [5, 5.41) is 29.2. The van der Waals surface area contributed by atoms with E-state index in [4.69, 9.17) is 25.2 Å². The van der Waals surface area contributed by atoms with Crippen LogP contribution in [0.1, 0.15) is 25.5 Å². The minimum atomic E-state index is -1.27. The molecule has 4 aromatic heterocycles. The van der Waals surface area contributed by atoms with E-state index in [9.17, 15) is 15.0 Å². The number of hydrogen-bond acceptors (Lipinski definition) is 11. The molecule has 4 aromatic rings. The topological polar surface area (TPSA) is 188 Å². The Morgan fingerprint density at radius 2 is 2.03 bits per heavy atom. The van der Waals surface area contributed by atoms with Gasteiger partial charge in [-0.2, -0.15) is 15.1 Å². The standard InChI is InChI=1S/C24H27N9O5/c25-17(34)2-1-16-19(35)20(36)23(38-16)32-12-27-18-21(29-15-5-8-37-11-15)30-24(31-22(18)32)33-10-14(9-28-33)13-3-6-26-7-4-13/h3-4,6-7,9-10,12,15-16,19-20,23,35-36H,1-2,5,8,11H2,(H2,25,34)(H,29,30,31)/t15-,16+,19-,20+,23-/m1/s1. The molecule has 0 radical (unpaired) electrons. The number of anilines is 1. The Labute approximate surface area is 216 Å². The average molecular weight is 522 g/mol. The van der Waals surface area contributed by atoms with Crippen LogP contribution in [0.15, 0.2) is 43.2 Å². The predicted octanol–water partition coefficient (Wildman–Crippen LogP) is 0.159. The average Bonchev–Trinajstić information content (AvgIpc) is 3.72. The van der Waals surface area contributed by atoms with Gasteiger partial charge in [-0.3, -0.25) is 14.3 Å². The molecular formula is C24H27N9O5. The minimum absolute atomic E-state index is 0.0226. The van der Waals surface area contributed by atoms with Gasteiger partial charge in [0.2, 0.25) is 5.91 Å². The highest BCUT2D eigenvalue weighted by Gasteiger charge is 2.44. The molecule has 0 aromatic carbocycles. The maximum atomic E-state index is 11.2. The van der Waals surface area contributed by atoms with Gasteiger partial charge in [-0.1, -0.05) is 0 Å². The number of nitrogens with two attached hydrogens (primary N) is 1. The van der Waals surface area contributed by atoms with Crippen LogP contribution in [-0.4, -0.2) is 88.0 Å². The summed E-state index contributed by atoms with van der Waals surface area (Å²) in [6.07, 6.45) is 5.19. The fraction of sp³-hybridized carbons (Fsp3) is 0.417. The van der Waals surface area contributed by atoms with E-state index in [2.05, 4.69) is 20.4 Å². The molecule has 2 fully saturated rings. The number of ether oxygens (including phenoxy) is 2. The van der Waals surface area contributed by atoms with E-state index < -0.39 is 30.4 Å². The van der Waals surface area contributed by atoms with Gasteiger partial charge in [0.1, 0.15) is 12.2 Å². The van der Waals surface area contributed by atoms with Gasteiger partial charge in [-0.25, -0.2) is 9.67 Å². The summed E-state index contributed by atoms with van der Waals surface area (Å²) in [5.74, 6) is 0.249. The van der Waals surface area contributed by atoms with Gasteiger partial charge in [-0.15, -0.1) is 0 Å². The number of carbonyl (C=O) groups excluding carboxylic acids is 1. The van der Waals surface area contributed by atoms with E-state index in [-0.39, 0.29) is 24.8 Å². The zero-order chi connectivity index (χ0) is 26.2. The first-order valence-electron chi connectivity index (χ1n) is 12.3. The van der Waals surface area contributed by atoms with Crippen LogP contribution in [0, 0.1) is 0 Å². The maximum absolute atomic E-state index is 11.2. The summed E-state index contributed by atoms with van der Waals surface area (Å²) in [4.78, 5) is 29.2. The van der Waals surface area contributed by atoms with Crippen molar-refractivity contribution in [2.24, 2.45) is 5.73 Å². The molecule has 0 bridgehead atoms. The summed E-state index contributed by atoms with van der Waals surface area (Å²) in [5.41, 5.74) is 7.90. The third-order valence-electron chi connectivity index (χ3n) is 6.77. The number of primary amides is 1. The minimum Gasteiger partial charge on any atom is -0.388 e. The second kappa shape index (κ2) is 10.1. The number of carbonyl (C=O) groups is 1. The van der Waals surface area contributed by atoms with Crippen molar-refractivity contribution in [1.82, 2.24) is 34.3 Å². The molecule has 38 heavy (non-hydrogen) atoms. The SMILES string of the molecule is NC(=O)CC[C@@H]1O[C@@H](n2cnc3c(N[C@@H]4CCOC4)nc(-n4cc(-c5ccncc5)cn4)nc32)[C@@H](O)[C@@H]1O. The molecule has 2 saturated heterocycles. The Morgan fingerprint density at radius 1 is 1.18 bits per heavy atom. The van der Waals surface area contributed by atoms with Crippen LogP contribution in [0.2, 0.25) is 0 Å². The maximum Gasteiger partial charge on any atom is 0.254 e. The number of nitrogens with zero attached hydrogens (tertiary/aromatic N) is 7. The Kier molecular flexibility index (Phi) is 6.45. The van der Waals surface area contributed by atoms with Crippen molar-refractivity contribution in [3.63, 3.8) is 0 Å². The fourth-order valence-corrected chi connectivity index (χ4v) is 4.74. The van der Waals surface area contributed by atoms with Crippen molar-refractivity contribution in [1.29, 1.82) is 0 Å². The molecule has 2 aliphatic rings. The molecule has 0 unspecified atom stereocenters. The van der Waals surface area contributed by atoms with E-state index in [1.54, 1.807) is 27.8 Å². The van der Waals surface area contributed by atoms with Crippen molar-refractivity contribution in [2.45, 2.75) is 49.8 Å². The van der Waals surface area contributed by atoms with Gasteiger partial charge in [0.25, 0.3) is 5.95 Å². The molecule has 1 amide bonds. The first-order chi connectivity index (χ1) is 18.5. The molecule has 14 nitrogen and oxygen atoms in total. The van der Waals surface area contributed by atoms with Crippen LogP contribution in [-0.2, 0) is 14.3 Å². The molecular weight excluding hydrogens is 494 g/mol. The smallest absolute Gasteiger partial charge is 0.254 e. The van der Waals surface area contributed by atoms with Gasteiger partial charge >= 0.3 is 0 Å². The summed E-state index contributed by atoms with van der Waals surface area (Å²) in [7, 11) is 0. The molecule has 6 heterocycles. The third kappa shape index (κ3) is 4.58. The van der Waals surface area contributed by atoms with Gasteiger partial charge in [-0.05, 0) is 30.5 Å². The number of amides is 1. The number of imidazole rings is 1. The molecule has 0 aliphatic carbocycles. The fourth-order valence-electron chi connectivity index (χ4n) is 4.74. The summed E-state index contributed by atoms with van der Waals surface area (Å²) >= 11 is 0. The zero-order valence-corrected chi connectivity index (χ0v) is 20.3. The number of aliphatic hydroxyl groups is 2. The third-order valence-corrected chi connectivity index (χ3v) is 6.77. The molecule has 5 atom stereocenters. The number of aliphatic hydroxyl groups excluding tert-OH is 2. The number of fused-ring (bicyclic) bond motifs is 1. The van der Waals surface area contributed by atoms with Crippen LogP contribution in [0.4, 0.5) is 5.82 Å². The van der Waals surface area contributed by atoms with Crippen LogP contribution < -0.4 is 11.1 Å². The van der Waals surface area contributed by atoms with Crippen molar-refractivity contribution in [3.8, 4) is 17.1 Å². The number of hydrogen-bond donors (Lipinski definition) is 4. The van der Waals surface area contributed by atoms with Crippen molar-refractivity contribution >= 4 is 22.9 Å². The first-order valence-corrected chi connectivity index (χ1v) is 12.3. The van der Waals surface area contributed by atoms with Gasteiger partial charge in [0.05, 0.1) is 31.3 Å². The van der Waals surface area contributed by atoms with Crippen LogP contribution in [0.3, 0.4) is 0 Å². The highest BCUT2D eigenvalue weighted by molar-refractivity contribution is 5.84. The molecule has 198 valence electrons. The van der Waals surface area contributed by atoms with Crippen molar-refractivity contribution in [3.05, 3.63) is 43.2 Å². The normalized spacial score (nSPS) is 25.3. The van der Waals surface area contributed by atoms with Gasteiger partial charge < -0.3 is 30.7 Å². The Balaban J connectivity index is 1.39. The van der Waals surface area contributed by atoms with E-state index in [0.717, 1.165) is 17.5 Å². The zero-order valence-electron chi connectivity index (χ0n) is 20.3. The number of rotatable bonds is 8. The van der Waals surface area contributed by atoms with Crippen molar-refractivity contribution in [2.75, 3.05) is 18.5 Å². The largest absolute Gasteiger partial charge is 0.388 e. The number of nitrogens with one attached hydrogen (secondary N) is 1. The van der Waals surface area contributed by atoms with Gasteiger partial charge in [0.15, 0.2) is 23.2 Å². The monoisotopic (exact) mass is 521 g/mol. The lowest BCUT2D eigenvalue weighted by Gasteiger charge is -2.17.